The predicted molar refractivity (Wildman–Crippen MR) is 112 cm³/mol. The summed E-state index contributed by atoms with van der Waals surface area (Å²) in [4.78, 5) is 10.6. The molecule has 2 aromatic carbocycles. The van der Waals surface area contributed by atoms with Crippen molar-refractivity contribution in [3.8, 4) is 0 Å². The molecule has 3 aromatic rings. The van der Waals surface area contributed by atoms with Crippen LogP contribution < -0.4 is 4.31 Å². The minimum absolute atomic E-state index is 0.0230. The molecule has 0 fully saturated rings. The number of hydrogen-bond donors (Lipinski definition) is 1. The van der Waals surface area contributed by atoms with Crippen LogP contribution in [-0.4, -0.2) is 40.9 Å². The highest BCUT2D eigenvalue weighted by Crippen LogP contribution is 2.27. The van der Waals surface area contributed by atoms with Crippen LogP contribution in [-0.2, 0) is 16.6 Å². The Hall–Kier alpha value is -3.24. The minimum atomic E-state index is -4.07. The SMILES string of the molecule is Cc1cc(C)n(C[C@H](O)CN(c2cccc([N+](=O)[O-])c2)S(=O)(=O)c2ccccc2)n1. The summed E-state index contributed by atoms with van der Waals surface area (Å²) in [5.74, 6) is 0. The molecule has 0 aliphatic rings. The van der Waals surface area contributed by atoms with Crippen molar-refractivity contribution >= 4 is 21.4 Å². The maximum absolute atomic E-state index is 13.3. The largest absolute Gasteiger partial charge is 0.389 e. The molecule has 9 nitrogen and oxygen atoms in total. The van der Waals surface area contributed by atoms with Crippen LogP contribution >= 0.6 is 0 Å². The summed E-state index contributed by atoms with van der Waals surface area (Å²) in [5.41, 5.74) is 1.47. The number of anilines is 1. The highest BCUT2D eigenvalue weighted by atomic mass is 32.2. The predicted octanol–water partition coefficient (Wildman–Crippen LogP) is 2.66. The van der Waals surface area contributed by atoms with E-state index in [0.717, 1.165) is 15.7 Å². The number of aromatic nitrogens is 2. The van der Waals surface area contributed by atoms with Gasteiger partial charge in [0.1, 0.15) is 0 Å². The van der Waals surface area contributed by atoms with E-state index in [1.807, 2.05) is 19.9 Å². The summed E-state index contributed by atoms with van der Waals surface area (Å²) in [5, 5.41) is 26.1. The Kier molecular flexibility index (Phi) is 6.18. The second kappa shape index (κ2) is 8.64. The van der Waals surface area contributed by atoms with Crippen LogP contribution in [0.3, 0.4) is 0 Å². The number of hydrogen-bond acceptors (Lipinski definition) is 6. The van der Waals surface area contributed by atoms with Gasteiger partial charge in [-0.15, -0.1) is 0 Å². The van der Waals surface area contributed by atoms with Crippen molar-refractivity contribution in [3.05, 3.63) is 82.2 Å². The third kappa shape index (κ3) is 4.66. The Balaban J connectivity index is 1.98. The first-order valence-electron chi connectivity index (χ1n) is 9.20. The second-order valence-electron chi connectivity index (χ2n) is 6.89. The highest BCUT2D eigenvalue weighted by Gasteiger charge is 2.28. The summed E-state index contributed by atoms with van der Waals surface area (Å²) in [6.45, 7) is 3.45. The molecule has 0 spiro atoms. The molecule has 0 saturated heterocycles. The molecular formula is C20H22N4O5S. The lowest BCUT2D eigenvalue weighted by molar-refractivity contribution is -0.384. The van der Waals surface area contributed by atoms with Crippen LogP contribution in [0.4, 0.5) is 11.4 Å². The van der Waals surface area contributed by atoms with E-state index >= 15 is 0 Å². The average Bonchev–Trinajstić information content (AvgIpc) is 3.03. The lowest BCUT2D eigenvalue weighted by Crippen LogP contribution is -2.39. The van der Waals surface area contributed by atoms with E-state index in [2.05, 4.69) is 5.10 Å². The number of nitro benzene ring substituents is 1. The van der Waals surface area contributed by atoms with E-state index in [1.54, 1.807) is 22.9 Å². The third-order valence-corrected chi connectivity index (χ3v) is 6.33. The van der Waals surface area contributed by atoms with Gasteiger partial charge in [0.15, 0.2) is 0 Å². The minimum Gasteiger partial charge on any atom is -0.389 e. The zero-order valence-electron chi connectivity index (χ0n) is 16.5. The van der Waals surface area contributed by atoms with Gasteiger partial charge >= 0.3 is 0 Å². The molecule has 0 amide bonds. The fourth-order valence-corrected chi connectivity index (χ4v) is 4.65. The molecule has 1 N–H and O–H groups in total. The normalized spacial score (nSPS) is 12.5. The molecule has 30 heavy (non-hydrogen) atoms. The topological polar surface area (TPSA) is 119 Å². The van der Waals surface area contributed by atoms with Crippen molar-refractivity contribution in [2.75, 3.05) is 10.8 Å². The zero-order chi connectivity index (χ0) is 21.9. The van der Waals surface area contributed by atoms with Crippen molar-refractivity contribution in [1.82, 2.24) is 9.78 Å². The molecule has 0 aliphatic carbocycles. The second-order valence-corrected chi connectivity index (χ2v) is 8.75. The van der Waals surface area contributed by atoms with Crippen LogP contribution in [0.15, 0.2) is 65.6 Å². The van der Waals surface area contributed by atoms with Gasteiger partial charge in [-0.25, -0.2) is 8.42 Å². The lowest BCUT2D eigenvalue weighted by Gasteiger charge is -2.27. The number of rotatable bonds is 8. The molecule has 0 aliphatic heterocycles. The molecule has 0 radical (unpaired) electrons. The van der Waals surface area contributed by atoms with Gasteiger partial charge < -0.3 is 5.11 Å². The Bertz CT molecular complexity index is 1150. The standard InChI is InChI=1S/C20H22N4O5S/c1-15-11-16(2)22(21-15)13-19(25)14-23(17-7-6-8-18(12-17)24(26)27)30(28,29)20-9-4-3-5-10-20/h3-12,19,25H,13-14H2,1-2H3/t19-/m0/s1. The van der Waals surface area contributed by atoms with E-state index in [-0.39, 0.29) is 29.4 Å². The molecular weight excluding hydrogens is 408 g/mol. The van der Waals surface area contributed by atoms with Crippen LogP contribution in [0.5, 0.6) is 0 Å². The van der Waals surface area contributed by atoms with E-state index in [9.17, 15) is 23.6 Å². The summed E-state index contributed by atoms with van der Waals surface area (Å²) >= 11 is 0. The maximum atomic E-state index is 13.3. The molecule has 10 heteroatoms. The summed E-state index contributed by atoms with van der Waals surface area (Å²) in [7, 11) is -4.07. The number of benzene rings is 2. The van der Waals surface area contributed by atoms with Crippen molar-refractivity contribution in [2.24, 2.45) is 0 Å². The van der Waals surface area contributed by atoms with Crippen LogP contribution in [0, 0.1) is 24.0 Å². The lowest BCUT2D eigenvalue weighted by atomic mass is 10.2. The number of aryl methyl sites for hydroxylation is 2. The number of sulfonamides is 1. The van der Waals surface area contributed by atoms with Crippen LogP contribution in [0.25, 0.3) is 0 Å². The fraction of sp³-hybridized carbons (Fsp3) is 0.250. The maximum Gasteiger partial charge on any atom is 0.271 e. The first kappa shape index (κ1) is 21.5. The molecule has 1 atom stereocenters. The van der Waals surface area contributed by atoms with Crippen molar-refractivity contribution in [1.29, 1.82) is 0 Å². The number of nitrogens with zero attached hydrogens (tertiary/aromatic N) is 4. The Labute approximate surface area is 174 Å². The van der Waals surface area contributed by atoms with E-state index < -0.39 is 21.1 Å². The number of non-ortho nitro benzene ring substituents is 1. The summed E-state index contributed by atoms with van der Waals surface area (Å²) in [6.07, 6.45) is -1.10. The van der Waals surface area contributed by atoms with E-state index in [0.29, 0.717) is 0 Å². The van der Waals surface area contributed by atoms with Crippen molar-refractivity contribution < 1.29 is 18.4 Å². The first-order valence-corrected chi connectivity index (χ1v) is 10.6. The molecule has 1 heterocycles. The van der Waals surface area contributed by atoms with Crippen LogP contribution in [0.1, 0.15) is 11.4 Å². The van der Waals surface area contributed by atoms with Gasteiger partial charge in [0.2, 0.25) is 0 Å². The van der Waals surface area contributed by atoms with Gasteiger partial charge in [-0.1, -0.05) is 24.3 Å². The Morgan fingerprint density at radius 1 is 1.13 bits per heavy atom. The number of aliphatic hydroxyl groups is 1. The van der Waals surface area contributed by atoms with Gasteiger partial charge in [-0.3, -0.25) is 19.1 Å². The molecule has 1 aromatic heterocycles. The van der Waals surface area contributed by atoms with E-state index in [4.69, 9.17) is 0 Å². The number of aliphatic hydroxyl groups excluding tert-OH is 1. The molecule has 0 unspecified atom stereocenters. The molecule has 0 saturated carbocycles. The Morgan fingerprint density at radius 3 is 2.43 bits per heavy atom. The average molecular weight is 430 g/mol. The summed E-state index contributed by atoms with van der Waals surface area (Å²) in [6, 6.07) is 14.9. The molecule has 3 rings (SSSR count). The van der Waals surface area contributed by atoms with Gasteiger partial charge in [0.25, 0.3) is 15.7 Å². The first-order chi connectivity index (χ1) is 14.2. The molecule has 0 bridgehead atoms. The smallest absolute Gasteiger partial charge is 0.271 e. The number of nitro groups is 1. The van der Waals surface area contributed by atoms with E-state index in [1.165, 1.54) is 36.4 Å². The quantitative estimate of drug-likeness (QED) is 0.433. The Morgan fingerprint density at radius 2 is 1.83 bits per heavy atom. The highest BCUT2D eigenvalue weighted by molar-refractivity contribution is 7.92. The zero-order valence-corrected chi connectivity index (χ0v) is 17.4. The van der Waals surface area contributed by atoms with Crippen LogP contribution in [0.2, 0.25) is 0 Å². The third-order valence-electron chi connectivity index (χ3n) is 4.52. The van der Waals surface area contributed by atoms with Gasteiger partial charge in [-0.05, 0) is 38.1 Å². The summed E-state index contributed by atoms with van der Waals surface area (Å²) < 4.78 is 29.2. The molecule has 158 valence electrons. The van der Waals surface area contributed by atoms with Gasteiger partial charge in [0, 0.05) is 17.8 Å². The fourth-order valence-electron chi connectivity index (χ4n) is 3.13. The van der Waals surface area contributed by atoms with Crippen molar-refractivity contribution in [3.63, 3.8) is 0 Å². The van der Waals surface area contributed by atoms with Gasteiger partial charge in [-0.2, -0.15) is 5.10 Å². The van der Waals surface area contributed by atoms with Crippen molar-refractivity contribution in [2.45, 2.75) is 31.4 Å². The van der Waals surface area contributed by atoms with Gasteiger partial charge in [0.05, 0.1) is 40.4 Å². The monoisotopic (exact) mass is 430 g/mol.